The second kappa shape index (κ2) is 61.5. The molecule has 0 aromatic carbocycles. The number of hydrogen-bond acceptors (Lipinski definition) is 20. The maximum absolute atomic E-state index is 13.6. The minimum atomic E-state index is -3.08. The van der Waals surface area contributed by atoms with Crippen LogP contribution in [0, 0.1) is 0 Å². The molecule has 3 saturated heterocycles. The summed E-state index contributed by atoms with van der Waals surface area (Å²) in [5.41, 5.74) is 0. The number of carbonyl (C=O) groups is 3. The molecule has 106 heavy (non-hydrogen) atoms. The molecule has 0 radical (unpaired) electrons. The first-order valence-electron chi connectivity index (χ1n) is 42.4. The highest BCUT2D eigenvalue weighted by atomic mass is 16.8. The number of carbonyl (C=O) groups excluding carboxylic acids is 2. The number of carboxylic acid groups (broad SMARTS) is 1. The number of aliphatic hydroxyl groups is 11. The largest absolute Gasteiger partial charge is 0.477 e. The number of aliphatic hydroxyl groups excluding tert-OH is 11. The van der Waals surface area contributed by atoms with Crippen LogP contribution in [0.1, 0.15) is 335 Å². The third-order valence-electron chi connectivity index (χ3n) is 21.3. The SMILES string of the molecule is CCCCCCCCCCC/C=C\C/C=C\CCCCCCCCCCCCCCCC(=O)NC(COC1OC(CO)C(OC2OC(CO)C(O)C(OC3(C(=O)O)CC(O)C(NC(C)=O)C(C(O)C(O)CO)O3)C2O)C(O)C1O)C(O)/C=C/CCCCCCCCCCCCCCCCCCCCCCC. The molecule has 18 atom stereocenters. The Morgan fingerprint density at radius 2 is 0.915 bits per heavy atom. The smallest absolute Gasteiger partial charge is 0.364 e. The highest BCUT2D eigenvalue weighted by Gasteiger charge is 2.60. The van der Waals surface area contributed by atoms with Crippen molar-refractivity contribution >= 4 is 17.8 Å². The van der Waals surface area contributed by atoms with E-state index in [4.69, 9.17) is 28.4 Å². The third kappa shape index (κ3) is 40.9. The van der Waals surface area contributed by atoms with Gasteiger partial charge in [0.05, 0.1) is 50.7 Å². The van der Waals surface area contributed by atoms with Crippen LogP contribution in [0.3, 0.4) is 0 Å². The molecule has 2 amide bonds. The highest BCUT2D eigenvalue weighted by Crippen LogP contribution is 2.39. The van der Waals surface area contributed by atoms with Gasteiger partial charge in [0.1, 0.15) is 67.1 Å². The van der Waals surface area contributed by atoms with Crippen molar-refractivity contribution in [2.45, 2.75) is 445 Å². The van der Waals surface area contributed by atoms with Crippen molar-refractivity contribution in [2.75, 3.05) is 26.4 Å². The third-order valence-corrected chi connectivity index (χ3v) is 21.3. The monoisotopic (exact) mass is 1510 g/mol. The zero-order chi connectivity index (χ0) is 77.4. The number of nitrogens with one attached hydrogen (secondary N) is 2. The Hall–Kier alpha value is -3.05. The number of unbranched alkanes of at least 4 members (excludes halogenated alkanes) is 43. The quantitative estimate of drug-likeness (QED) is 0.0199. The van der Waals surface area contributed by atoms with Crippen LogP contribution in [0.2, 0.25) is 0 Å². The zero-order valence-corrected chi connectivity index (χ0v) is 65.8. The Bertz CT molecular complexity index is 2250. The van der Waals surface area contributed by atoms with Crippen LogP contribution in [0.25, 0.3) is 0 Å². The number of rotatable bonds is 67. The summed E-state index contributed by atoms with van der Waals surface area (Å²) in [6.07, 6.45) is 41.8. The average molecular weight is 1510 g/mol. The summed E-state index contributed by atoms with van der Waals surface area (Å²) in [6.45, 7) is 2.19. The first-order chi connectivity index (χ1) is 51.4. The van der Waals surface area contributed by atoms with E-state index in [-0.39, 0.29) is 12.3 Å². The van der Waals surface area contributed by atoms with Crippen molar-refractivity contribution in [3.63, 3.8) is 0 Å². The summed E-state index contributed by atoms with van der Waals surface area (Å²) < 4.78 is 34.9. The molecule has 0 spiro atoms. The molecule has 3 rings (SSSR count). The van der Waals surface area contributed by atoms with E-state index < -0.39 is 155 Å². The standard InChI is InChI=1S/C83H152N2O21/c1-4-6-8-10-12-14-16-18-20-22-24-26-28-29-30-31-32-33-35-37-39-41-43-45-47-49-51-53-55-57-70(93)85-64(65(90)56-54-52-50-48-46-44-42-40-38-36-34-27-25-23-21-19-17-15-13-11-9-7-5-2)62-101-80-75(97)74(96)77(69(61-88)103-80)104-81-76(98)79(73(95)68(60-87)102-81)106-83(82(99)100)58-66(91)71(84-63(3)89)78(105-83)72(94)67(92)59-86/h24,26,29-30,54,56,64-69,71-81,86-88,90-92,94-98H,4-23,25,27-28,31-53,55,57-62H2,1-3H3,(H,84,89)(H,85,93)(H,99,100)/b26-24-,30-29-,56-54+. The summed E-state index contributed by atoms with van der Waals surface area (Å²) >= 11 is 0. The van der Waals surface area contributed by atoms with Crippen molar-refractivity contribution in [1.82, 2.24) is 10.6 Å². The predicted molar refractivity (Wildman–Crippen MR) is 412 cm³/mol. The zero-order valence-electron chi connectivity index (χ0n) is 65.8. The first-order valence-corrected chi connectivity index (χ1v) is 42.4. The van der Waals surface area contributed by atoms with Crippen molar-refractivity contribution in [3.8, 4) is 0 Å². The normalized spacial score (nSPS) is 26.3. The van der Waals surface area contributed by atoms with Crippen molar-refractivity contribution in [3.05, 3.63) is 36.5 Å². The molecule has 23 nitrogen and oxygen atoms in total. The molecular weight excluding hydrogens is 1360 g/mol. The lowest BCUT2D eigenvalue weighted by molar-refractivity contribution is -0.386. The van der Waals surface area contributed by atoms with E-state index in [9.17, 15) is 75.7 Å². The van der Waals surface area contributed by atoms with Crippen LogP contribution < -0.4 is 10.6 Å². The highest BCUT2D eigenvalue weighted by molar-refractivity contribution is 5.77. The molecule has 620 valence electrons. The van der Waals surface area contributed by atoms with Crippen molar-refractivity contribution in [2.24, 2.45) is 0 Å². The van der Waals surface area contributed by atoms with E-state index in [1.54, 1.807) is 6.08 Å². The summed E-state index contributed by atoms with van der Waals surface area (Å²) in [4.78, 5) is 38.7. The molecule has 3 heterocycles. The van der Waals surface area contributed by atoms with Crippen molar-refractivity contribution < 1.29 is 104 Å². The molecule has 3 aliphatic heterocycles. The molecule has 0 bridgehead atoms. The molecule has 0 aromatic heterocycles. The lowest BCUT2D eigenvalue weighted by atomic mass is 9.88. The van der Waals surface area contributed by atoms with Gasteiger partial charge in [-0.15, -0.1) is 0 Å². The van der Waals surface area contributed by atoms with Crippen LogP contribution in [0.15, 0.2) is 36.5 Å². The van der Waals surface area contributed by atoms with Crippen LogP contribution in [0.5, 0.6) is 0 Å². The molecule has 14 N–H and O–H groups in total. The van der Waals surface area contributed by atoms with Gasteiger partial charge in [-0.3, -0.25) is 9.59 Å². The number of amides is 2. The van der Waals surface area contributed by atoms with Gasteiger partial charge < -0.3 is 100 Å². The molecule has 0 aliphatic carbocycles. The van der Waals surface area contributed by atoms with Gasteiger partial charge in [0.15, 0.2) is 12.6 Å². The second-order valence-electron chi connectivity index (χ2n) is 30.7. The number of carboxylic acids is 1. The molecule has 3 aliphatic rings. The molecule has 23 heteroatoms. The minimum absolute atomic E-state index is 0.200. The second-order valence-corrected chi connectivity index (χ2v) is 30.7. The van der Waals surface area contributed by atoms with E-state index in [1.807, 2.05) is 6.08 Å². The van der Waals surface area contributed by atoms with Gasteiger partial charge in [-0.2, -0.15) is 0 Å². The van der Waals surface area contributed by atoms with E-state index in [0.29, 0.717) is 12.8 Å². The maximum Gasteiger partial charge on any atom is 0.364 e. The van der Waals surface area contributed by atoms with Gasteiger partial charge in [0, 0.05) is 19.8 Å². The predicted octanol–water partition coefficient (Wildman–Crippen LogP) is 12.1. The maximum atomic E-state index is 13.6. The fourth-order valence-electron chi connectivity index (χ4n) is 14.6. The fraction of sp³-hybridized carbons (Fsp3) is 0.892. The fourth-order valence-corrected chi connectivity index (χ4v) is 14.6. The number of ether oxygens (including phenoxy) is 6. The molecule has 3 fully saturated rings. The van der Waals surface area contributed by atoms with Crippen molar-refractivity contribution in [1.29, 1.82) is 0 Å². The van der Waals surface area contributed by atoms with E-state index >= 15 is 0 Å². The average Bonchev–Trinajstić information content (AvgIpc) is 0.754. The minimum Gasteiger partial charge on any atom is -0.477 e. The van der Waals surface area contributed by atoms with Gasteiger partial charge in [0.2, 0.25) is 11.8 Å². The van der Waals surface area contributed by atoms with Crippen LogP contribution >= 0.6 is 0 Å². The van der Waals surface area contributed by atoms with Gasteiger partial charge >= 0.3 is 5.97 Å². The molecule has 0 saturated carbocycles. The Morgan fingerprint density at radius 3 is 1.33 bits per heavy atom. The molecule has 18 unspecified atom stereocenters. The topological polar surface area (TPSA) is 373 Å². The van der Waals surface area contributed by atoms with E-state index in [2.05, 4.69) is 48.8 Å². The van der Waals surface area contributed by atoms with Gasteiger partial charge in [-0.25, -0.2) is 4.79 Å². The number of allylic oxidation sites excluding steroid dienone is 5. The lowest BCUT2D eigenvalue weighted by Gasteiger charge is -2.50. The Morgan fingerprint density at radius 1 is 0.500 bits per heavy atom. The molecule has 0 aromatic rings. The Kier molecular flexibility index (Phi) is 56.4. The summed E-state index contributed by atoms with van der Waals surface area (Å²) in [5, 5.41) is 137. The first kappa shape index (κ1) is 97.1. The van der Waals surface area contributed by atoms with Crippen LogP contribution in [-0.2, 0) is 42.8 Å². The summed E-state index contributed by atoms with van der Waals surface area (Å²) in [6, 6.07) is -2.62. The van der Waals surface area contributed by atoms with Gasteiger partial charge in [-0.05, 0) is 51.4 Å². The summed E-state index contributed by atoms with van der Waals surface area (Å²) in [7, 11) is 0. The number of hydrogen-bond donors (Lipinski definition) is 14. The van der Waals surface area contributed by atoms with Gasteiger partial charge in [-0.1, -0.05) is 301 Å². The van der Waals surface area contributed by atoms with E-state index in [0.717, 1.165) is 64.7 Å². The number of aliphatic carboxylic acids is 1. The van der Waals surface area contributed by atoms with Crippen LogP contribution in [0.4, 0.5) is 0 Å². The lowest BCUT2D eigenvalue weighted by Crippen LogP contribution is -2.70. The van der Waals surface area contributed by atoms with Crippen LogP contribution in [-0.4, -0.2) is 215 Å². The van der Waals surface area contributed by atoms with E-state index in [1.165, 1.54) is 231 Å². The van der Waals surface area contributed by atoms with Gasteiger partial charge in [0.25, 0.3) is 5.79 Å². The Balaban J connectivity index is 1.50. The Labute approximate surface area is 637 Å². The molecular formula is C83H152N2O21. The summed E-state index contributed by atoms with van der Waals surface area (Å²) in [5.74, 6) is -6.14.